The van der Waals surface area contributed by atoms with Crippen LogP contribution in [0.3, 0.4) is 0 Å². The Kier molecular flexibility index (Phi) is 3.46. The zero-order valence-electron chi connectivity index (χ0n) is 10.2. The van der Waals surface area contributed by atoms with Crippen molar-refractivity contribution in [2.45, 2.75) is 6.92 Å². The molecular weight excluding hydrogens is 250 g/mol. The van der Waals surface area contributed by atoms with Crippen LogP contribution < -0.4 is 11.1 Å². The van der Waals surface area contributed by atoms with Crippen LogP contribution in [0.1, 0.15) is 15.9 Å². The summed E-state index contributed by atoms with van der Waals surface area (Å²) >= 11 is 0. The van der Waals surface area contributed by atoms with Gasteiger partial charge >= 0.3 is 0 Å². The fourth-order valence-corrected chi connectivity index (χ4v) is 1.59. The number of hydrogen-bond acceptors (Lipinski definition) is 2. The van der Waals surface area contributed by atoms with Crippen molar-refractivity contribution >= 4 is 17.3 Å². The maximum Gasteiger partial charge on any atom is 0.255 e. The maximum atomic E-state index is 13.5. The highest BCUT2D eigenvalue weighted by molar-refractivity contribution is 6.04. The Morgan fingerprint density at radius 2 is 1.84 bits per heavy atom. The van der Waals surface area contributed by atoms with E-state index in [2.05, 4.69) is 5.32 Å². The van der Waals surface area contributed by atoms with Crippen LogP contribution in [0.5, 0.6) is 0 Å². The molecule has 5 heteroatoms. The lowest BCUT2D eigenvalue weighted by atomic mass is 10.1. The third-order valence-corrected chi connectivity index (χ3v) is 2.77. The lowest BCUT2D eigenvalue weighted by molar-refractivity contribution is 0.102. The number of nitrogens with two attached hydrogens (primary N) is 1. The fraction of sp³-hybridized carbons (Fsp3) is 0.0714. The van der Waals surface area contributed by atoms with Crippen LogP contribution in [0, 0.1) is 18.6 Å². The molecular formula is C14H12F2N2O. The fourth-order valence-electron chi connectivity index (χ4n) is 1.59. The summed E-state index contributed by atoms with van der Waals surface area (Å²) in [6, 6.07) is 8.16. The van der Waals surface area contributed by atoms with E-state index in [4.69, 9.17) is 5.73 Å². The monoisotopic (exact) mass is 262 g/mol. The Balaban J connectivity index is 2.28. The molecule has 98 valence electrons. The molecule has 0 aliphatic heterocycles. The minimum Gasteiger partial charge on any atom is -0.398 e. The Morgan fingerprint density at radius 1 is 1.16 bits per heavy atom. The van der Waals surface area contributed by atoms with Crippen molar-refractivity contribution in [2.75, 3.05) is 11.1 Å². The average molecular weight is 262 g/mol. The first-order chi connectivity index (χ1) is 8.99. The van der Waals surface area contributed by atoms with Gasteiger partial charge < -0.3 is 11.1 Å². The number of carbonyl (C=O) groups is 1. The van der Waals surface area contributed by atoms with Gasteiger partial charge in [-0.3, -0.25) is 4.79 Å². The molecule has 3 nitrogen and oxygen atoms in total. The molecule has 0 aliphatic rings. The van der Waals surface area contributed by atoms with Crippen molar-refractivity contribution in [1.29, 1.82) is 0 Å². The molecule has 2 rings (SSSR count). The summed E-state index contributed by atoms with van der Waals surface area (Å²) < 4.78 is 26.9. The van der Waals surface area contributed by atoms with Gasteiger partial charge in [0.1, 0.15) is 11.6 Å². The van der Waals surface area contributed by atoms with Crippen molar-refractivity contribution in [3.63, 3.8) is 0 Å². The zero-order valence-corrected chi connectivity index (χ0v) is 10.2. The SMILES string of the molecule is Cc1c(N)cc(C(=O)Nc2ccccc2F)cc1F. The molecule has 0 aliphatic carbocycles. The van der Waals surface area contributed by atoms with Crippen molar-refractivity contribution < 1.29 is 13.6 Å². The van der Waals surface area contributed by atoms with Crippen molar-refractivity contribution in [1.82, 2.24) is 0 Å². The number of amides is 1. The van der Waals surface area contributed by atoms with Crippen molar-refractivity contribution in [2.24, 2.45) is 0 Å². The van der Waals surface area contributed by atoms with Gasteiger partial charge in [-0.25, -0.2) is 8.78 Å². The van der Waals surface area contributed by atoms with Gasteiger partial charge in [0.2, 0.25) is 0 Å². The first-order valence-electron chi connectivity index (χ1n) is 5.60. The summed E-state index contributed by atoms with van der Waals surface area (Å²) in [5.41, 5.74) is 6.13. The molecule has 0 atom stereocenters. The van der Waals surface area contributed by atoms with E-state index < -0.39 is 17.5 Å². The smallest absolute Gasteiger partial charge is 0.255 e. The molecule has 0 fully saturated rings. The molecule has 0 aromatic heterocycles. The third kappa shape index (κ3) is 2.70. The normalized spacial score (nSPS) is 10.3. The van der Waals surface area contributed by atoms with Crippen molar-refractivity contribution in [3.05, 3.63) is 59.2 Å². The Hall–Kier alpha value is -2.43. The number of anilines is 2. The molecule has 0 unspecified atom stereocenters. The van der Waals surface area contributed by atoms with E-state index in [9.17, 15) is 13.6 Å². The van der Waals surface area contributed by atoms with Gasteiger partial charge in [-0.1, -0.05) is 12.1 Å². The van der Waals surface area contributed by atoms with E-state index in [1.165, 1.54) is 31.2 Å². The summed E-state index contributed by atoms with van der Waals surface area (Å²) in [4.78, 5) is 11.9. The van der Waals surface area contributed by atoms with Crippen LogP contribution in [0.4, 0.5) is 20.2 Å². The van der Waals surface area contributed by atoms with Gasteiger partial charge in [-0.15, -0.1) is 0 Å². The number of halogens is 2. The third-order valence-electron chi connectivity index (χ3n) is 2.77. The summed E-state index contributed by atoms with van der Waals surface area (Å²) in [6.45, 7) is 1.52. The Morgan fingerprint density at radius 3 is 2.47 bits per heavy atom. The number of nitrogen functional groups attached to an aromatic ring is 1. The summed E-state index contributed by atoms with van der Waals surface area (Å²) in [5.74, 6) is -1.74. The standard InChI is InChI=1S/C14H12F2N2O/c1-8-11(16)6-9(7-12(8)17)14(19)18-13-5-3-2-4-10(13)15/h2-7H,17H2,1H3,(H,18,19). The second-order valence-corrected chi connectivity index (χ2v) is 4.11. The van der Waals surface area contributed by atoms with Crippen molar-refractivity contribution in [3.8, 4) is 0 Å². The van der Waals surface area contributed by atoms with Crippen LogP contribution in [0.15, 0.2) is 36.4 Å². The summed E-state index contributed by atoms with van der Waals surface area (Å²) in [5, 5.41) is 2.36. The largest absolute Gasteiger partial charge is 0.398 e. The van der Waals surface area contributed by atoms with Crippen LogP contribution in [0.25, 0.3) is 0 Å². The van der Waals surface area contributed by atoms with E-state index in [0.29, 0.717) is 0 Å². The highest BCUT2D eigenvalue weighted by atomic mass is 19.1. The molecule has 0 radical (unpaired) electrons. The quantitative estimate of drug-likeness (QED) is 0.817. The predicted molar refractivity (Wildman–Crippen MR) is 69.9 cm³/mol. The van der Waals surface area contributed by atoms with Gasteiger partial charge in [-0.2, -0.15) is 0 Å². The summed E-state index contributed by atoms with van der Waals surface area (Å²) in [6.07, 6.45) is 0. The van der Waals surface area contributed by atoms with E-state index >= 15 is 0 Å². The van der Waals surface area contributed by atoms with E-state index in [0.717, 1.165) is 6.07 Å². The van der Waals surface area contributed by atoms with Crippen LogP contribution >= 0.6 is 0 Å². The van der Waals surface area contributed by atoms with Gasteiger partial charge in [-0.05, 0) is 31.2 Å². The van der Waals surface area contributed by atoms with E-state index in [1.54, 1.807) is 6.07 Å². The highest BCUT2D eigenvalue weighted by Crippen LogP contribution is 2.19. The van der Waals surface area contributed by atoms with E-state index in [1.807, 2.05) is 0 Å². The first kappa shape index (κ1) is 13.0. The van der Waals surface area contributed by atoms with E-state index in [-0.39, 0.29) is 22.5 Å². The molecule has 0 spiro atoms. The second kappa shape index (κ2) is 5.06. The molecule has 0 saturated heterocycles. The number of rotatable bonds is 2. The van der Waals surface area contributed by atoms with Gasteiger partial charge in [0.15, 0.2) is 0 Å². The molecule has 3 N–H and O–H groups in total. The number of nitrogens with one attached hydrogen (secondary N) is 1. The summed E-state index contributed by atoms with van der Waals surface area (Å²) in [7, 11) is 0. The highest BCUT2D eigenvalue weighted by Gasteiger charge is 2.12. The number of para-hydroxylation sites is 1. The lowest BCUT2D eigenvalue weighted by Crippen LogP contribution is -2.14. The minimum atomic E-state index is -0.615. The first-order valence-corrected chi connectivity index (χ1v) is 5.60. The topological polar surface area (TPSA) is 55.1 Å². The Labute approximate surface area is 109 Å². The molecule has 2 aromatic rings. The number of carbonyl (C=O) groups excluding carboxylic acids is 1. The van der Waals surface area contributed by atoms with Crippen LogP contribution in [-0.2, 0) is 0 Å². The zero-order chi connectivity index (χ0) is 14.0. The van der Waals surface area contributed by atoms with Gasteiger partial charge in [0.25, 0.3) is 5.91 Å². The Bertz CT molecular complexity index is 618. The molecule has 0 heterocycles. The predicted octanol–water partition coefficient (Wildman–Crippen LogP) is 3.11. The number of hydrogen-bond donors (Lipinski definition) is 2. The molecule has 19 heavy (non-hydrogen) atoms. The molecule has 0 bridgehead atoms. The maximum absolute atomic E-state index is 13.5. The average Bonchev–Trinajstić information content (AvgIpc) is 2.38. The van der Waals surface area contributed by atoms with Gasteiger partial charge in [0, 0.05) is 16.8 Å². The van der Waals surface area contributed by atoms with Crippen LogP contribution in [0.2, 0.25) is 0 Å². The lowest BCUT2D eigenvalue weighted by Gasteiger charge is -2.08. The molecule has 2 aromatic carbocycles. The second-order valence-electron chi connectivity index (χ2n) is 4.11. The molecule has 0 saturated carbocycles. The van der Waals surface area contributed by atoms with Gasteiger partial charge in [0.05, 0.1) is 5.69 Å². The molecule has 1 amide bonds. The van der Waals surface area contributed by atoms with Crippen LogP contribution in [-0.4, -0.2) is 5.91 Å². The number of benzene rings is 2. The minimum absolute atomic E-state index is 0.0343.